The van der Waals surface area contributed by atoms with Crippen LogP contribution in [0, 0.1) is 10.1 Å². The van der Waals surface area contributed by atoms with Crippen LogP contribution in [0.4, 0.5) is 5.69 Å². The molecule has 76 valence electrons. The van der Waals surface area contributed by atoms with Gasteiger partial charge in [0.1, 0.15) is 0 Å². The lowest BCUT2D eigenvalue weighted by molar-refractivity contribution is -0.388. The van der Waals surface area contributed by atoms with Crippen LogP contribution >= 0.6 is 0 Å². The van der Waals surface area contributed by atoms with Crippen molar-refractivity contribution in [2.75, 3.05) is 0 Å². The molecule has 0 radical (unpaired) electrons. The molecule has 0 amide bonds. The second-order valence-corrected chi connectivity index (χ2v) is 3.75. The van der Waals surface area contributed by atoms with Gasteiger partial charge in [0.2, 0.25) is 0 Å². The van der Waals surface area contributed by atoms with Gasteiger partial charge in [0.05, 0.1) is 4.92 Å². The van der Waals surface area contributed by atoms with Crippen molar-refractivity contribution in [1.29, 1.82) is 0 Å². The van der Waals surface area contributed by atoms with Crippen molar-refractivity contribution in [1.82, 2.24) is 0 Å². The van der Waals surface area contributed by atoms with E-state index in [0.29, 0.717) is 0 Å². The zero-order chi connectivity index (χ0) is 10.8. The molecule has 0 bridgehead atoms. The number of nitro groups is 1. The molecular weight excluding hydrogens is 214 g/mol. The van der Waals surface area contributed by atoms with E-state index in [-0.39, 0.29) is 0 Å². The van der Waals surface area contributed by atoms with Crippen molar-refractivity contribution >= 4 is 15.8 Å². The standard InChI is InChI=1S/C6H5NO6S/c8-7(9)5-3-1-2-4-6(5)14(11,12)13-10/h1-4,10H. The monoisotopic (exact) mass is 219 g/mol. The molecule has 0 aliphatic carbocycles. The molecule has 7 nitrogen and oxygen atoms in total. The van der Waals surface area contributed by atoms with Crippen LogP contribution in [0.3, 0.4) is 0 Å². The molecule has 0 aliphatic heterocycles. The van der Waals surface area contributed by atoms with Crippen molar-refractivity contribution < 1.29 is 22.9 Å². The first-order valence-electron chi connectivity index (χ1n) is 3.30. The minimum atomic E-state index is -4.46. The normalized spacial score (nSPS) is 11.2. The number of hydrogen-bond donors (Lipinski definition) is 1. The Morgan fingerprint density at radius 3 is 2.43 bits per heavy atom. The van der Waals surface area contributed by atoms with Gasteiger partial charge in [0.25, 0.3) is 5.69 Å². The lowest BCUT2D eigenvalue weighted by Crippen LogP contribution is -2.06. The molecular formula is C6H5NO6S. The number of para-hydroxylation sites is 1. The predicted molar refractivity (Wildman–Crippen MR) is 44.0 cm³/mol. The van der Waals surface area contributed by atoms with Crippen molar-refractivity contribution in [2.24, 2.45) is 0 Å². The highest BCUT2D eigenvalue weighted by molar-refractivity contribution is 7.86. The largest absolute Gasteiger partial charge is 0.329 e. The predicted octanol–water partition coefficient (Wildman–Crippen LogP) is 0.773. The molecule has 1 N–H and O–H groups in total. The van der Waals surface area contributed by atoms with Crippen LogP contribution in [-0.2, 0) is 14.5 Å². The van der Waals surface area contributed by atoms with Gasteiger partial charge in [-0.05, 0) is 6.07 Å². The van der Waals surface area contributed by atoms with Gasteiger partial charge in [-0.3, -0.25) is 10.1 Å². The maximum Gasteiger partial charge on any atom is 0.329 e. The van der Waals surface area contributed by atoms with Gasteiger partial charge in [-0.25, -0.2) is 5.26 Å². The molecule has 0 fully saturated rings. The van der Waals surface area contributed by atoms with E-state index in [9.17, 15) is 18.5 Å². The summed E-state index contributed by atoms with van der Waals surface area (Å²) in [5.41, 5.74) is -0.651. The Bertz CT molecular complexity index is 453. The zero-order valence-corrected chi connectivity index (χ0v) is 7.47. The van der Waals surface area contributed by atoms with Crippen LogP contribution < -0.4 is 0 Å². The third-order valence-electron chi connectivity index (χ3n) is 1.43. The summed E-state index contributed by atoms with van der Waals surface area (Å²) < 4.78 is 25.1. The molecule has 0 unspecified atom stereocenters. The fourth-order valence-electron chi connectivity index (χ4n) is 0.860. The Kier molecular flexibility index (Phi) is 2.79. The fourth-order valence-corrected chi connectivity index (χ4v) is 1.58. The molecule has 0 aliphatic rings. The Morgan fingerprint density at radius 2 is 1.93 bits per heavy atom. The van der Waals surface area contributed by atoms with E-state index in [4.69, 9.17) is 5.26 Å². The van der Waals surface area contributed by atoms with E-state index in [2.05, 4.69) is 4.33 Å². The minimum absolute atomic E-state index is 0.651. The Hall–Kier alpha value is -1.51. The average molecular weight is 219 g/mol. The van der Waals surface area contributed by atoms with Gasteiger partial charge in [0.15, 0.2) is 4.90 Å². The third kappa shape index (κ3) is 1.87. The van der Waals surface area contributed by atoms with Gasteiger partial charge in [-0.15, -0.1) is 4.33 Å². The van der Waals surface area contributed by atoms with Crippen LogP contribution in [0.25, 0.3) is 0 Å². The Balaban J connectivity index is 3.42. The molecule has 0 spiro atoms. The van der Waals surface area contributed by atoms with Crippen molar-refractivity contribution in [3.05, 3.63) is 34.4 Å². The van der Waals surface area contributed by atoms with E-state index in [1.54, 1.807) is 0 Å². The lowest BCUT2D eigenvalue weighted by atomic mass is 10.3. The first kappa shape index (κ1) is 10.6. The highest BCUT2D eigenvalue weighted by Gasteiger charge is 2.25. The molecule has 1 aromatic rings. The number of nitro benzene ring substituents is 1. The van der Waals surface area contributed by atoms with Crippen LogP contribution in [0.1, 0.15) is 0 Å². The lowest BCUT2D eigenvalue weighted by Gasteiger charge is -1.99. The topological polar surface area (TPSA) is 107 Å². The van der Waals surface area contributed by atoms with Crippen LogP contribution in [0.15, 0.2) is 29.2 Å². The van der Waals surface area contributed by atoms with Gasteiger partial charge >= 0.3 is 10.1 Å². The maximum atomic E-state index is 10.9. The molecule has 0 atom stereocenters. The highest BCUT2D eigenvalue weighted by Crippen LogP contribution is 2.23. The van der Waals surface area contributed by atoms with Crippen molar-refractivity contribution in [3.8, 4) is 0 Å². The summed E-state index contributed by atoms with van der Waals surface area (Å²) in [6.07, 6.45) is 0. The van der Waals surface area contributed by atoms with Gasteiger partial charge in [0, 0.05) is 6.07 Å². The maximum absolute atomic E-state index is 10.9. The third-order valence-corrected chi connectivity index (χ3v) is 2.51. The summed E-state index contributed by atoms with van der Waals surface area (Å²) in [5.74, 6) is 0. The van der Waals surface area contributed by atoms with Crippen LogP contribution in [0.2, 0.25) is 0 Å². The summed E-state index contributed by atoms with van der Waals surface area (Å²) in [4.78, 5) is 8.82. The molecule has 1 rings (SSSR count). The summed E-state index contributed by atoms with van der Waals surface area (Å²) in [6, 6.07) is 4.53. The quantitative estimate of drug-likeness (QED) is 0.457. The first-order valence-corrected chi connectivity index (χ1v) is 4.71. The van der Waals surface area contributed by atoms with E-state index in [0.717, 1.165) is 12.1 Å². The van der Waals surface area contributed by atoms with Crippen molar-refractivity contribution in [2.45, 2.75) is 4.90 Å². The molecule has 0 heterocycles. The second-order valence-electron chi connectivity index (χ2n) is 2.25. The molecule has 1 aromatic carbocycles. The summed E-state index contributed by atoms with van der Waals surface area (Å²) in [5, 5.41) is 18.4. The Morgan fingerprint density at radius 1 is 1.36 bits per heavy atom. The molecule has 14 heavy (non-hydrogen) atoms. The van der Waals surface area contributed by atoms with E-state index in [1.807, 2.05) is 0 Å². The molecule has 0 saturated carbocycles. The van der Waals surface area contributed by atoms with Crippen LogP contribution in [-0.4, -0.2) is 18.6 Å². The van der Waals surface area contributed by atoms with Gasteiger partial charge in [-0.1, -0.05) is 12.1 Å². The minimum Gasteiger partial charge on any atom is -0.258 e. The Labute approximate surface area is 78.8 Å². The number of rotatable bonds is 3. The number of benzene rings is 1. The molecule has 0 saturated heterocycles. The highest BCUT2D eigenvalue weighted by atomic mass is 32.2. The van der Waals surface area contributed by atoms with E-state index < -0.39 is 25.6 Å². The van der Waals surface area contributed by atoms with E-state index >= 15 is 0 Å². The smallest absolute Gasteiger partial charge is 0.258 e. The first-order chi connectivity index (χ1) is 6.49. The summed E-state index contributed by atoms with van der Waals surface area (Å²) in [6.45, 7) is 0. The second kappa shape index (κ2) is 3.70. The fraction of sp³-hybridized carbons (Fsp3) is 0. The number of nitrogens with zero attached hydrogens (tertiary/aromatic N) is 1. The average Bonchev–Trinajstić information content (AvgIpc) is 2.18. The molecule has 0 aromatic heterocycles. The van der Waals surface area contributed by atoms with Crippen molar-refractivity contribution in [3.63, 3.8) is 0 Å². The SMILES string of the molecule is O=[N+]([O-])c1ccccc1S(=O)(=O)OO. The van der Waals surface area contributed by atoms with Gasteiger partial charge in [-0.2, -0.15) is 8.42 Å². The van der Waals surface area contributed by atoms with Gasteiger partial charge < -0.3 is 0 Å². The summed E-state index contributed by atoms with van der Waals surface area (Å²) in [7, 11) is -4.46. The number of hydrogen-bond acceptors (Lipinski definition) is 6. The van der Waals surface area contributed by atoms with Crippen LogP contribution in [0.5, 0.6) is 0 Å². The van der Waals surface area contributed by atoms with E-state index in [1.165, 1.54) is 12.1 Å². The summed E-state index contributed by atoms with van der Waals surface area (Å²) >= 11 is 0. The zero-order valence-electron chi connectivity index (χ0n) is 6.65. The molecule has 8 heteroatoms.